The van der Waals surface area contributed by atoms with Crippen LogP contribution in [0.1, 0.15) is 22.3 Å². The third kappa shape index (κ3) is 2.09. The van der Waals surface area contributed by atoms with Crippen LogP contribution >= 0.6 is 0 Å². The molecule has 1 aliphatic heterocycles. The zero-order valence-electron chi connectivity index (χ0n) is 11.1. The van der Waals surface area contributed by atoms with Crippen LogP contribution in [-0.4, -0.2) is 7.05 Å². The monoisotopic (exact) mass is 274 g/mol. The van der Waals surface area contributed by atoms with E-state index in [1.54, 1.807) is 0 Å². The fourth-order valence-corrected chi connectivity index (χ4v) is 2.70. The quantitative estimate of drug-likeness (QED) is 0.702. The van der Waals surface area contributed by atoms with Gasteiger partial charge in [-0.3, -0.25) is 0 Å². The molecule has 0 amide bonds. The first kappa shape index (κ1) is 13.3. The van der Waals surface area contributed by atoms with Crippen LogP contribution in [0.4, 0.5) is 11.4 Å². The second-order valence-corrected chi connectivity index (χ2v) is 5.00. The molecule has 0 N–H and O–H groups in total. The van der Waals surface area contributed by atoms with Crippen molar-refractivity contribution >= 4 is 11.4 Å². The predicted molar refractivity (Wildman–Crippen MR) is 73.2 cm³/mol. The van der Waals surface area contributed by atoms with Crippen molar-refractivity contribution < 1.29 is 18.6 Å². The average molecular weight is 274 g/mol. The van der Waals surface area contributed by atoms with E-state index in [4.69, 9.17) is 0 Å². The minimum Gasteiger partial charge on any atom is -0.344 e. The second kappa shape index (κ2) is 4.83. The Morgan fingerprint density at radius 1 is 0.833 bits per heavy atom. The first-order valence-electron chi connectivity index (χ1n) is 6.08. The summed E-state index contributed by atoms with van der Waals surface area (Å²) in [6.45, 7) is 4.32. The standard InChI is InChI=1S/C16H17N.V/c1-11-4-6-15-13(8-11)10-14-9-12(2)5-7-16(14)17(15)3;/h4-9H,10H2,1-3H3;. The van der Waals surface area contributed by atoms with Crippen molar-refractivity contribution in [2.24, 2.45) is 0 Å². The second-order valence-electron chi connectivity index (χ2n) is 5.00. The molecule has 1 nitrogen and oxygen atoms in total. The minimum atomic E-state index is 0. The fourth-order valence-electron chi connectivity index (χ4n) is 2.70. The molecule has 2 aromatic carbocycles. The number of aryl methyl sites for hydroxylation is 2. The Labute approximate surface area is 121 Å². The molecule has 1 heterocycles. The van der Waals surface area contributed by atoms with Crippen LogP contribution in [0.25, 0.3) is 0 Å². The number of benzene rings is 2. The number of hydrogen-bond acceptors (Lipinski definition) is 1. The summed E-state index contributed by atoms with van der Waals surface area (Å²) in [4.78, 5) is 2.30. The van der Waals surface area contributed by atoms with Gasteiger partial charge >= 0.3 is 0 Å². The average Bonchev–Trinajstić information content (AvgIpc) is 2.28. The van der Waals surface area contributed by atoms with E-state index in [2.05, 4.69) is 62.2 Å². The first-order valence-corrected chi connectivity index (χ1v) is 6.08. The van der Waals surface area contributed by atoms with Crippen molar-refractivity contribution in [3.8, 4) is 0 Å². The summed E-state index contributed by atoms with van der Waals surface area (Å²) in [6, 6.07) is 13.4. The van der Waals surface area contributed by atoms with E-state index in [0.29, 0.717) is 0 Å². The summed E-state index contributed by atoms with van der Waals surface area (Å²) in [6.07, 6.45) is 1.05. The zero-order chi connectivity index (χ0) is 12.0. The molecular formula is C16H17NV. The topological polar surface area (TPSA) is 3.24 Å². The van der Waals surface area contributed by atoms with Gasteiger partial charge in [-0.2, -0.15) is 0 Å². The maximum absolute atomic E-state index is 2.30. The third-order valence-corrected chi connectivity index (χ3v) is 3.57. The van der Waals surface area contributed by atoms with Crippen LogP contribution in [-0.2, 0) is 25.0 Å². The van der Waals surface area contributed by atoms with Gasteiger partial charge in [-0.25, -0.2) is 0 Å². The number of anilines is 2. The van der Waals surface area contributed by atoms with E-state index >= 15 is 0 Å². The number of nitrogens with zero attached hydrogens (tertiary/aromatic N) is 1. The van der Waals surface area contributed by atoms with Crippen molar-refractivity contribution in [3.63, 3.8) is 0 Å². The van der Waals surface area contributed by atoms with Gasteiger partial charge in [0, 0.05) is 43.4 Å². The molecule has 2 heteroatoms. The third-order valence-electron chi connectivity index (χ3n) is 3.57. The van der Waals surface area contributed by atoms with Gasteiger partial charge in [-0.15, -0.1) is 0 Å². The normalized spacial score (nSPS) is 12.5. The molecule has 18 heavy (non-hydrogen) atoms. The smallest absolute Gasteiger partial charge is 0.0444 e. The molecule has 1 aliphatic rings. The molecule has 0 spiro atoms. The summed E-state index contributed by atoms with van der Waals surface area (Å²) in [5.74, 6) is 0. The van der Waals surface area contributed by atoms with Gasteiger partial charge in [0.05, 0.1) is 0 Å². The molecule has 0 bridgehead atoms. The van der Waals surface area contributed by atoms with E-state index in [1.807, 2.05) is 0 Å². The minimum absolute atomic E-state index is 0. The van der Waals surface area contributed by atoms with Gasteiger partial charge in [-0.05, 0) is 37.1 Å². The van der Waals surface area contributed by atoms with Gasteiger partial charge in [0.15, 0.2) is 0 Å². The molecule has 91 valence electrons. The Morgan fingerprint density at radius 3 is 1.72 bits per heavy atom. The molecular weight excluding hydrogens is 257 g/mol. The van der Waals surface area contributed by atoms with Crippen molar-refractivity contribution in [1.29, 1.82) is 0 Å². The van der Waals surface area contributed by atoms with E-state index in [9.17, 15) is 0 Å². The van der Waals surface area contributed by atoms with Crippen molar-refractivity contribution in [2.45, 2.75) is 20.3 Å². The van der Waals surface area contributed by atoms with Crippen molar-refractivity contribution in [2.75, 3.05) is 11.9 Å². The van der Waals surface area contributed by atoms with Gasteiger partial charge in [0.2, 0.25) is 0 Å². The summed E-state index contributed by atoms with van der Waals surface area (Å²) in [7, 11) is 2.15. The van der Waals surface area contributed by atoms with Crippen LogP contribution in [0, 0.1) is 13.8 Å². The Kier molecular flexibility index (Phi) is 3.56. The molecule has 0 saturated carbocycles. The first-order chi connectivity index (χ1) is 8.15. The van der Waals surface area contributed by atoms with Crippen molar-refractivity contribution in [3.05, 3.63) is 58.7 Å². The zero-order valence-corrected chi connectivity index (χ0v) is 12.5. The van der Waals surface area contributed by atoms with Crippen LogP contribution in [0.15, 0.2) is 36.4 Å². The molecule has 0 atom stereocenters. The van der Waals surface area contributed by atoms with Crippen LogP contribution in [0.2, 0.25) is 0 Å². The number of fused-ring (bicyclic) bond motifs is 2. The van der Waals surface area contributed by atoms with E-state index in [1.165, 1.54) is 33.6 Å². The summed E-state index contributed by atoms with van der Waals surface area (Å²) >= 11 is 0. The largest absolute Gasteiger partial charge is 0.344 e. The Hall–Kier alpha value is -1.18. The van der Waals surface area contributed by atoms with Crippen LogP contribution in [0.3, 0.4) is 0 Å². The molecule has 2 aromatic rings. The maximum atomic E-state index is 2.30. The number of rotatable bonds is 0. The predicted octanol–water partition coefficient (Wildman–Crippen LogP) is 3.97. The molecule has 0 saturated heterocycles. The Morgan fingerprint density at radius 2 is 1.28 bits per heavy atom. The van der Waals surface area contributed by atoms with Gasteiger partial charge in [0.25, 0.3) is 0 Å². The molecule has 0 aromatic heterocycles. The molecule has 1 radical (unpaired) electrons. The van der Waals surface area contributed by atoms with E-state index < -0.39 is 0 Å². The van der Waals surface area contributed by atoms with Crippen molar-refractivity contribution in [1.82, 2.24) is 0 Å². The molecule has 0 fully saturated rings. The van der Waals surface area contributed by atoms with Gasteiger partial charge in [-0.1, -0.05) is 35.4 Å². The summed E-state index contributed by atoms with van der Waals surface area (Å²) in [5.41, 5.74) is 8.23. The van der Waals surface area contributed by atoms with E-state index in [-0.39, 0.29) is 18.6 Å². The maximum Gasteiger partial charge on any atom is 0.0444 e. The Balaban J connectivity index is 0.00000120. The van der Waals surface area contributed by atoms with E-state index in [0.717, 1.165) is 6.42 Å². The van der Waals surface area contributed by atoms with Crippen LogP contribution < -0.4 is 4.90 Å². The molecule has 0 aliphatic carbocycles. The summed E-state index contributed by atoms with van der Waals surface area (Å²) < 4.78 is 0. The summed E-state index contributed by atoms with van der Waals surface area (Å²) in [5, 5.41) is 0. The van der Waals surface area contributed by atoms with Gasteiger partial charge in [0.1, 0.15) is 0 Å². The fraction of sp³-hybridized carbons (Fsp3) is 0.250. The SMILES string of the molecule is Cc1ccc2c(c1)Cc1cc(C)ccc1N2C.[V]. The Bertz CT molecular complexity index is 538. The molecule has 0 unspecified atom stereocenters. The van der Waals surface area contributed by atoms with Gasteiger partial charge < -0.3 is 4.90 Å². The molecule has 3 rings (SSSR count). The number of hydrogen-bond donors (Lipinski definition) is 0. The van der Waals surface area contributed by atoms with Crippen LogP contribution in [0.5, 0.6) is 0 Å².